The third kappa shape index (κ3) is 9.54. The van der Waals surface area contributed by atoms with Crippen LogP contribution in [0.5, 0.6) is 0 Å². The predicted molar refractivity (Wildman–Crippen MR) is 172 cm³/mol. The molecule has 10 heteroatoms. The Bertz CT molecular complexity index is 1560. The number of rotatable bonds is 16. The molecule has 4 aromatic carbocycles. The molecule has 0 bridgehead atoms. The molecule has 0 radical (unpaired) electrons. The average Bonchev–Trinajstić information content (AvgIpc) is 3.07. The molecule has 9 nitrogen and oxygen atoms in total. The van der Waals surface area contributed by atoms with Crippen LogP contribution >= 0.6 is 0 Å². The van der Waals surface area contributed by atoms with E-state index in [-0.39, 0.29) is 33.0 Å². The van der Waals surface area contributed by atoms with E-state index in [2.05, 4.69) is 0 Å². The maximum Gasteiger partial charge on any atom is 0.270 e. The molecule has 0 saturated carbocycles. The van der Waals surface area contributed by atoms with Crippen LogP contribution in [0, 0.1) is 0 Å². The first-order valence-corrected chi connectivity index (χ1v) is 16.7. The van der Waals surface area contributed by atoms with Crippen molar-refractivity contribution in [3.63, 3.8) is 0 Å². The molecule has 1 aliphatic heterocycles. The Kier molecular flexibility index (Phi) is 12.1. The summed E-state index contributed by atoms with van der Waals surface area (Å²) in [6.45, 7) is 0.788. The second-order valence-electron chi connectivity index (χ2n) is 11.1. The van der Waals surface area contributed by atoms with Crippen LogP contribution in [0.15, 0.2) is 121 Å². The van der Waals surface area contributed by atoms with Crippen molar-refractivity contribution in [1.29, 1.82) is 0 Å². The zero-order valence-electron chi connectivity index (χ0n) is 25.7. The van der Waals surface area contributed by atoms with Gasteiger partial charge in [0.25, 0.3) is 10.1 Å². The van der Waals surface area contributed by atoms with Crippen LogP contribution in [0.25, 0.3) is 0 Å². The van der Waals surface area contributed by atoms with E-state index in [1.165, 1.54) is 7.11 Å². The van der Waals surface area contributed by atoms with Crippen LogP contribution in [-0.2, 0) is 65.0 Å². The van der Waals surface area contributed by atoms with E-state index >= 15 is 0 Å². The lowest BCUT2D eigenvalue weighted by atomic mass is 9.92. The third-order valence-corrected chi connectivity index (χ3v) is 8.51. The largest absolute Gasteiger partial charge is 0.374 e. The Morgan fingerprint density at radius 1 is 0.630 bits per heavy atom. The molecular weight excluding hydrogens is 608 g/mol. The molecule has 0 unspecified atom stereocenters. The highest BCUT2D eigenvalue weighted by Gasteiger charge is 2.59. The number of benzene rings is 4. The van der Waals surface area contributed by atoms with Crippen molar-refractivity contribution >= 4 is 10.1 Å². The van der Waals surface area contributed by atoms with Crippen molar-refractivity contribution in [2.24, 2.45) is 0 Å². The molecule has 0 spiro atoms. The minimum Gasteiger partial charge on any atom is -0.374 e. The molecule has 46 heavy (non-hydrogen) atoms. The van der Waals surface area contributed by atoms with Gasteiger partial charge in [-0.05, 0) is 22.3 Å². The quantitative estimate of drug-likeness (QED) is 0.156. The van der Waals surface area contributed by atoms with E-state index in [9.17, 15) is 13.0 Å². The second kappa shape index (κ2) is 16.4. The molecule has 4 aromatic rings. The van der Waals surface area contributed by atoms with Gasteiger partial charge in [0.15, 0.2) is 0 Å². The van der Waals surface area contributed by atoms with Gasteiger partial charge in [-0.3, -0.25) is 4.55 Å². The maximum absolute atomic E-state index is 12.5. The van der Waals surface area contributed by atoms with Crippen molar-refractivity contribution < 1.29 is 41.4 Å². The van der Waals surface area contributed by atoms with Gasteiger partial charge in [0.1, 0.15) is 30.2 Å². The van der Waals surface area contributed by atoms with Gasteiger partial charge < -0.3 is 28.4 Å². The Hall–Kier alpha value is -3.45. The van der Waals surface area contributed by atoms with Crippen LogP contribution in [-0.4, -0.2) is 62.6 Å². The van der Waals surface area contributed by atoms with Gasteiger partial charge in [0.2, 0.25) is 5.79 Å². The van der Waals surface area contributed by atoms with Gasteiger partial charge in [-0.25, -0.2) is 0 Å². The monoisotopic (exact) mass is 648 g/mol. The summed E-state index contributed by atoms with van der Waals surface area (Å²) in [4.78, 5) is 0. The molecule has 1 fully saturated rings. The number of methoxy groups -OCH3 is 1. The summed E-state index contributed by atoms with van der Waals surface area (Å²) in [5.74, 6) is -2.86. The van der Waals surface area contributed by atoms with E-state index in [0.717, 1.165) is 22.3 Å². The van der Waals surface area contributed by atoms with E-state index in [4.69, 9.17) is 28.4 Å². The molecule has 0 aromatic heterocycles. The van der Waals surface area contributed by atoms with Crippen LogP contribution in [0.4, 0.5) is 0 Å². The first-order valence-electron chi connectivity index (χ1n) is 15.1. The van der Waals surface area contributed by atoms with Crippen molar-refractivity contribution in [2.45, 2.75) is 56.6 Å². The summed E-state index contributed by atoms with van der Waals surface area (Å²) in [6, 6.07) is 38.4. The Morgan fingerprint density at radius 2 is 1.04 bits per heavy atom. The lowest BCUT2D eigenvalue weighted by Crippen LogP contribution is -2.69. The van der Waals surface area contributed by atoms with Crippen molar-refractivity contribution in [3.8, 4) is 0 Å². The molecule has 0 amide bonds. The average molecular weight is 649 g/mol. The predicted octanol–water partition coefficient (Wildman–Crippen LogP) is 5.59. The molecule has 0 aliphatic carbocycles. The topological polar surface area (TPSA) is 110 Å². The molecule has 1 heterocycles. The third-order valence-electron chi connectivity index (χ3n) is 7.74. The highest BCUT2D eigenvalue weighted by Crippen LogP contribution is 2.38. The molecule has 1 saturated heterocycles. The SMILES string of the molecule is CO[C@@]1(CS(=O)(=O)O)O[C@H](COCc2ccccc2)[C@@H](OCc2ccccc2)[C@H](OCc2ccccc2)[C@H]1OCc1ccccc1. The van der Waals surface area contributed by atoms with Crippen LogP contribution in [0.2, 0.25) is 0 Å². The Balaban J connectivity index is 1.51. The van der Waals surface area contributed by atoms with E-state index in [1.807, 2.05) is 121 Å². The fourth-order valence-corrected chi connectivity index (χ4v) is 6.37. The first-order chi connectivity index (χ1) is 22.4. The van der Waals surface area contributed by atoms with Crippen molar-refractivity contribution in [1.82, 2.24) is 0 Å². The lowest BCUT2D eigenvalue weighted by molar-refractivity contribution is -0.369. The number of hydrogen-bond acceptors (Lipinski definition) is 8. The van der Waals surface area contributed by atoms with Gasteiger partial charge in [-0.15, -0.1) is 0 Å². The minimum absolute atomic E-state index is 0.0154. The van der Waals surface area contributed by atoms with E-state index < -0.39 is 46.1 Å². The normalized spacial score (nSPS) is 23.3. The molecule has 5 atom stereocenters. The lowest BCUT2D eigenvalue weighted by Gasteiger charge is -2.51. The highest BCUT2D eigenvalue weighted by atomic mass is 32.2. The van der Waals surface area contributed by atoms with Crippen molar-refractivity contribution in [2.75, 3.05) is 19.5 Å². The molecule has 244 valence electrons. The number of hydrogen-bond donors (Lipinski definition) is 1. The molecule has 5 rings (SSSR count). The Morgan fingerprint density at radius 3 is 1.48 bits per heavy atom. The van der Waals surface area contributed by atoms with Crippen LogP contribution in [0.1, 0.15) is 22.3 Å². The fourth-order valence-electron chi connectivity index (χ4n) is 5.51. The zero-order chi connectivity index (χ0) is 32.2. The maximum atomic E-state index is 12.5. The van der Waals surface area contributed by atoms with Gasteiger partial charge in [0, 0.05) is 7.11 Å². The summed E-state index contributed by atoms with van der Waals surface area (Å²) < 4.78 is 73.3. The standard InChI is InChI=1S/C36H40O9S/c1-40-36(27-46(37,38)39)35(44-25-31-20-12-5-13-21-31)34(43-24-30-18-10-4-11-19-30)33(42-23-29-16-8-3-9-17-29)32(45-36)26-41-22-28-14-6-2-7-15-28/h2-21,32-35H,22-27H2,1H3,(H,37,38,39)/t32-,33-,34+,35-,36+/m1/s1. The molecule has 1 N–H and O–H groups in total. The highest BCUT2D eigenvalue weighted by molar-refractivity contribution is 7.85. The van der Waals surface area contributed by atoms with Gasteiger partial charge in [0.05, 0.1) is 33.0 Å². The first kappa shape index (κ1) is 33.9. The molecule has 1 aliphatic rings. The molecular formula is C36H40O9S. The van der Waals surface area contributed by atoms with Crippen LogP contribution < -0.4 is 0 Å². The van der Waals surface area contributed by atoms with Crippen LogP contribution in [0.3, 0.4) is 0 Å². The summed E-state index contributed by atoms with van der Waals surface area (Å²) in [7, 11) is -3.30. The minimum atomic E-state index is -4.63. The zero-order valence-corrected chi connectivity index (χ0v) is 26.5. The Labute approximate surface area is 270 Å². The van der Waals surface area contributed by atoms with Gasteiger partial charge in [-0.2, -0.15) is 8.42 Å². The summed E-state index contributed by atoms with van der Waals surface area (Å²) in [5.41, 5.74) is 3.62. The fraction of sp³-hybridized carbons (Fsp3) is 0.333. The summed E-state index contributed by atoms with van der Waals surface area (Å²) >= 11 is 0. The second-order valence-corrected chi connectivity index (χ2v) is 12.6. The number of ether oxygens (including phenoxy) is 6. The van der Waals surface area contributed by atoms with Gasteiger partial charge in [-0.1, -0.05) is 121 Å². The van der Waals surface area contributed by atoms with E-state index in [0.29, 0.717) is 0 Å². The van der Waals surface area contributed by atoms with E-state index in [1.54, 1.807) is 0 Å². The van der Waals surface area contributed by atoms with Gasteiger partial charge >= 0.3 is 0 Å². The summed E-state index contributed by atoms with van der Waals surface area (Å²) in [6.07, 6.45) is -3.71. The summed E-state index contributed by atoms with van der Waals surface area (Å²) in [5, 5.41) is 0. The smallest absolute Gasteiger partial charge is 0.270 e. The van der Waals surface area contributed by atoms with Crippen molar-refractivity contribution in [3.05, 3.63) is 144 Å².